The Hall–Kier alpha value is -1.06. The zero-order valence-corrected chi connectivity index (χ0v) is 12.1. The largest absolute Gasteiger partial charge is 0.444 e. The quantitative estimate of drug-likeness (QED) is 0.536. The third-order valence-electron chi connectivity index (χ3n) is 2.54. The molecular weight excluding hydrogens is 230 g/mol. The summed E-state index contributed by atoms with van der Waals surface area (Å²) in [5.41, 5.74) is -0.462. The van der Waals surface area contributed by atoms with Gasteiger partial charge in [-0.1, -0.05) is 19.8 Å². The molecule has 0 radical (unpaired) electrons. The summed E-state index contributed by atoms with van der Waals surface area (Å²) < 4.78 is 5.12. The molecule has 4 heteroatoms. The molecule has 0 bridgehead atoms. The number of carbonyl (C=O) groups excluding carboxylic acids is 2. The second kappa shape index (κ2) is 8.95. The molecule has 1 atom stereocenters. The van der Waals surface area contributed by atoms with Crippen molar-refractivity contribution in [2.45, 2.75) is 65.4 Å². The van der Waals surface area contributed by atoms with Crippen molar-refractivity contribution in [2.75, 3.05) is 6.54 Å². The van der Waals surface area contributed by atoms with Gasteiger partial charge in [-0.15, -0.1) is 0 Å². The van der Waals surface area contributed by atoms with Crippen LogP contribution in [0.2, 0.25) is 0 Å². The SMILES string of the molecule is CCCCC(C=O)CCCNC(=O)OC(C)(C)C. The molecule has 1 unspecified atom stereocenters. The van der Waals surface area contributed by atoms with Crippen molar-refractivity contribution in [3.8, 4) is 0 Å². The van der Waals surface area contributed by atoms with Crippen molar-refractivity contribution in [1.29, 1.82) is 0 Å². The molecule has 0 aliphatic carbocycles. The lowest BCUT2D eigenvalue weighted by Gasteiger charge is -2.19. The Morgan fingerprint density at radius 1 is 1.28 bits per heavy atom. The lowest BCUT2D eigenvalue weighted by atomic mass is 9.98. The summed E-state index contributed by atoms with van der Waals surface area (Å²) in [5.74, 6) is 0.130. The Labute approximate surface area is 110 Å². The molecule has 0 aromatic rings. The third kappa shape index (κ3) is 10.1. The highest BCUT2D eigenvalue weighted by atomic mass is 16.6. The maximum atomic E-state index is 11.3. The van der Waals surface area contributed by atoms with Crippen LogP contribution in [0.15, 0.2) is 0 Å². The zero-order valence-electron chi connectivity index (χ0n) is 12.1. The molecule has 1 amide bonds. The molecule has 4 nitrogen and oxygen atoms in total. The topological polar surface area (TPSA) is 55.4 Å². The number of hydrogen-bond acceptors (Lipinski definition) is 3. The van der Waals surface area contributed by atoms with E-state index in [2.05, 4.69) is 12.2 Å². The second-order valence-electron chi connectivity index (χ2n) is 5.61. The second-order valence-corrected chi connectivity index (χ2v) is 5.61. The number of nitrogens with one attached hydrogen (secondary N) is 1. The average molecular weight is 257 g/mol. The van der Waals surface area contributed by atoms with Gasteiger partial charge in [0.25, 0.3) is 0 Å². The van der Waals surface area contributed by atoms with E-state index in [9.17, 15) is 9.59 Å². The lowest BCUT2D eigenvalue weighted by molar-refractivity contribution is -0.111. The van der Waals surface area contributed by atoms with E-state index >= 15 is 0 Å². The van der Waals surface area contributed by atoms with Crippen molar-refractivity contribution in [3.05, 3.63) is 0 Å². The monoisotopic (exact) mass is 257 g/mol. The van der Waals surface area contributed by atoms with Crippen molar-refractivity contribution in [2.24, 2.45) is 5.92 Å². The number of hydrogen-bond donors (Lipinski definition) is 1. The Kier molecular flexibility index (Phi) is 8.42. The molecule has 0 heterocycles. The van der Waals surface area contributed by atoms with Gasteiger partial charge in [0.05, 0.1) is 0 Å². The molecule has 0 saturated heterocycles. The van der Waals surface area contributed by atoms with E-state index in [0.717, 1.165) is 38.4 Å². The van der Waals surface area contributed by atoms with Gasteiger partial charge in [-0.25, -0.2) is 4.79 Å². The van der Waals surface area contributed by atoms with E-state index in [-0.39, 0.29) is 5.92 Å². The van der Waals surface area contributed by atoms with Crippen LogP contribution in [0.25, 0.3) is 0 Å². The number of alkyl carbamates (subject to hydrolysis) is 1. The van der Waals surface area contributed by atoms with Gasteiger partial charge in [0, 0.05) is 12.5 Å². The molecule has 0 spiro atoms. The molecule has 0 aliphatic rings. The van der Waals surface area contributed by atoms with Crippen LogP contribution >= 0.6 is 0 Å². The standard InChI is InChI=1S/C14H27NO3/c1-5-6-8-12(11-16)9-7-10-15-13(17)18-14(2,3)4/h11-12H,5-10H2,1-4H3,(H,15,17). The van der Waals surface area contributed by atoms with E-state index in [1.165, 1.54) is 0 Å². The summed E-state index contributed by atoms with van der Waals surface area (Å²) >= 11 is 0. The summed E-state index contributed by atoms with van der Waals surface area (Å²) in [6.07, 6.45) is 5.43. The Morgan fingerprint density at radius 2 is 1.89 bits per heavy atom. The first-order valence-corrected chi connectivity index (χ1v) is 6.81. The first-order valence-electron chi connectivity index (χ1n) is 6.81. The van der Waals surface area contributed by atoms with E-state index in [4.69, 9.17) is 4.74 Å². The summed E-state index contributed by atoms with van der Waals surface area (Å²) in [6, 6.07) is 0. The number of unbranched alkanes of at least 4 members (excludes halogenated alkanes) is 1. The van der Waals surface area contributed by atoms with Crippen molar-refractivity contribution in [1.82, 2.24) is 5.32 Å². The van der Waals surface area contributed by atoms with Crippen LogP contribution in [-0.4, -0.2) is 24.5 Å². The summed E-state index contributed by atoms with van der Waals surface area (Å²) in [4.78, 5) is 22.2. The third-order valence-corrected chi connectivity index (χ3v) is 2.54. The normalized spacial score (nSPS) is 12.9. The molecule has 106 valence electrons. The van der Waals surface area contributed by atoms with Crippen LogP contribution in [0.3, 0.4) is 0 Å². The van der Waals surface area contributed by atoms with Gasteiger partial charge in [0.1, 0.15) is 11.9 Å². The van der Waals surface area contributed by atoms with Crippen molar-refractivity contribution >= 4 is 12.4 Å². The highest BCUT2D eigenvalue weighted by Gasteiger charge is 2.15. The van der Waals surface area contributed by atoms with Gasteiger partial charge in [-0.05, 0) is 40.0 Å². The molecule has 0 aliphatic heterocycles. The molecule has 1 N–H and O–H groups in total. The number of aldehydes is 1. The first-order chi connectivity index (χ1) is 8.39. The molecule has 0 fully saturated rings. The van der Waals surface area contributed by atoms with Crippen LogP contribution < -0.4 is 5.32 Å². The summed E-state index contributed by atoms with van der Waals surface area (Å²) in [7, 11) is 0. The van der Waals surface area contributed by atoms with Gasteiger partial charge >= 0.3 is 6.09 Å². The average Bonchev–Trinajstić information content (AvgIpc) is 2.26. The number of ether oxygens (including phenoxy) is 1. The van der Waals surface area contributed by atoms with E-state index in [0.29, 0.717) is 6.54 Å². The summed E-state index contributed by atoms with van der Waals surface area (Å²) in [5, 5.41) is 2.70. The highest BCUT2D eigenvalue weighted by molar-refractivity contribution is 5.67. The van der Waals surface area contributed by atoms with Gasteiger partial charge in [0.2, 0.25) is 0 Å². The number of carbonyl (C=O) groups is 2. The number of amides is 1. The zero-order chi connectivity index (χ0) is 14.0. The van der Waals surface area contributed by atoms with Gasteiger partial charge in [-0.3, -0.25) is 0 Å². The maximum absolute atomic E-state index is 11.3. The van der Waals surface area contributed by atoms with Gasteiger partial charge in [-0.2, -0.15) is 0 Å². The predicted molar refractivity (Wildman–Crippen MR) is 72.5 cm³/mol. The lowest BCUT2D eigenvalue weighted by Crippen LogP contribution is -2.33. The Bertz CT molecular complexity index is 246. The minimum absolute atomic E-state index is 0.130. The molecule has 0 aromatic heterocycles. The van der Waals surface area contributed by atoms with Crippen LogP contribution in [-0.2, 0) is 9.53 Å². The van der Waals surface area contributed by atoms with Crippen molar-refractivity contribution < 1.29 is 14.3 Å². The highest BCUT2D eigenvalue weighted by Crippen LogP contribution is 2.12. The van der Waals surface area contributed by atoms with Crippen LogP contribution in [0.5, 0.6) is 0 Å². The van der Waals surface area contributed by atoms with E-state index < -0.39 is 11.7 Å². The Balaban J connectivity index is 3.65. The van der Waals surface area contributed by atoms with Gasteiger partial charge in [0.15, 0.2) is 0 Å². The van der Waals surface area contributed by atoms with Crippen LogP contribution in [0.1, 0.15) is 59.8 Å². The van der Waals surface area contributed by atoms with Crippen LogP contribution in [0.4, 0.5) is 4.79 Å². The Morgan fingerprint density at radius 3 is 2.39 bits per heavy atom. The first kappa shape index (κ1) is 16.9. The minimum atomic E-state index is -0.462. The predicted octanol–water partition coefficient (Wildman–Crippen LogP) is 3.30. The minimum Gasteiger partial charge on any atom is -0.444 e. The summed E-state index contributed by atoms with van der Waals surface area (Å²) in [6.45, 7) is 8.18. The fraction of sp³-hybridized carbons (Fsp3) is 0.857. The molecule has 18 heavy (non-hydrogen) atoms. The van der Waals surface area contributed by atoms with Crippen molar-refractivity contribution in [3.63, 3.8) is 0 Å². The fourth-order valence-corrected chi connectivity index (χ4v) is 1.62. The van der Waals surface area contributed by atoms with Gasteiger partial charge < -0.3 is 14.8 Å². The molecule has 0 aromatic carbocycles. The van der Waals surface area contributed by atoms with Crippen LogP contribution in [0, 0.1) is 5.92 Å². The smallest absolute Gasteiger partial charge is 0.407 e. The van der Waals surface area contributed by atoms with E-state index in [1.807, 2.05) is 20.8 Å². The molecular formula is C14H27NO3. The van der Waals surface area contributed by atoms with E-state index in [1.54, 1.807) is 0 Å². The molecule has 0 saturated carbocycles. The number of rotatable bonds is 8. The maximum Gasteiger partial charge on any atom is 0.407 e. The fourth-order valence-electron chi connectivity index (χ4n) is 1.62. The molecule has 0 rings (SSSR count).